The van der Waals surface area contributed by atoms with E-state index < -0.39 is 0 Å². The zero-order valence-electron chi connectivity index (χ0n) is 13.6. The first-order valence-corrected chi connectivity index (χ1v) is 9.04. The highest BCUT2D eigenvalue weighted by molar-refractivity contribution is 7.09. The molecule has 0 spiro atoms. The van der Waals surface area contributed by atoms with Crippen LogP contribution < -0.4 is 4.87 Å². The van der Waals surface area contributed by atoms with Crippen LogP contribution in [0.2, 0.25) is 0 Å². The van der Waals surface area contributed by atoms with E-state index in [1.54, 1.807) is 0 Å². The normalized spacial score (nSPS) is 11.2. The standard InChI is InChI=1S/C20H18N2O2S/c23-19-18(25-20(24)21-19)12-15-13-22(17-9-5-4-8-16(15)17)11-10-14-6-2-1-3-7-14/h1-9,13,23H,10-12H2,(H,21,24). The SMILES string of the molecule is O=c1[nH]c(O)c(Cc2cn(CCc3ccccc3)c3ccccc23)s1. The maximum absolute atomic E-state index is 11.4. The molecule has 2 N–H and O–H groups in total. The van der Waals surface area contributed by atoms with Crippen LogP contribution in [0.3, 0.4) is 0 Å². The number of para-hydroxylation sites is 1. The molecule has 4 rings (SSSR count). The van der Waals surface area contributed by atoms with Crippen molar-refractivity contribution in [3.05, 3.63) is 86.5 Å². The average Bonchev–Trinajstić information content (AvgIpc) is 3.14. The van der Waals surface area contributed by atoms with E-state index in [2.05, 4.69) is 52.1 Å². The number of thiazole rings is 1. The fourth-order valence-corrected chi connectivity index (χ4v) is 3.93. The molecule has 126 valence electrons. The summed E-state index contributed by atoms with van der Waals surface area (Å²) in [6.45, 7) is 0.889. The molecule has 0 aliphatic heterocycles. The molecule has 5 heteroatoms. The zero-order chi connectivity index (χ0) is 17.2. The number of aromatic nitrogens is 2. The van der Waals surface area contributed by atoms with E-state index >= 15 is 0 Å². The van der Waals surface area contributed by atoms with Crippen LogP contribution >= 0.6 is 11.3 Å². The van der Waals surface area contributed by atoms with Crippen LogP contribution in [0.1, 0.15) is 16.0 Å². The van der Waals surface area contributed by atoms with E-state index in [-0.39, 0.29) is 10.8 Å². The molecular weight excluding hydrogens is 332 g/mol. The number of rotatable bonds is 5. The Morgan fingerprint density at radius 1 is 1.04 bits per heavy atom. The van der Waals surface area contributed by atoms with Crippen LogP contribution in [-0.2, 0) is 19.4 Å². The molecule has 2 aromatic heterocycles. The summed E-state index contributed by atoms with van der Waals surface area (Å²) < 4.78 is 2.25. The highest BCUT2D eigenvalue weighted by Gasteiger charge is 2.13. The number of fused-ring (bicyclic) bond motifs is 1. The van der Waals surface area contributed by atoms with Crippen LogP contribution in [-0.4, -0.2) is 14.7 Å². The smallest absolute Gasteiger partial charge is 0.307 e. The van der Waals surface area contributed by atoms with Gasteiger partial charge in [0.25, 0.3) is 0 Å². The van der Waals surface area contributed by atoms with Crippen LogP contribution in [0, 0.1) is 0 Å². The summed E-state index contributed by atoms with van der Waals surface area (Å²) in [6, 6.07) is 18.7. The number of hydrogen-bond donors (Lipinski definition) is 2. The summed E-state index contributed by atoms with van der Waals surface area (Å²) in [4.78, 5) is 14.3. The minimum atomic E-state index is -0.222. The van der Waals surface area contributed by atoms with E-state index in [1.165, 1.54) is 11.1 Å². The van der Waals surface area contributed by atoms with Gasteiger partial charge in [-0.3, -0.25) is 9.78 Å². The van der Waals surface area contributed by atoms with Crippen molar-refractivity contribution in [3.8, 4) is 5.88 Å². The Morgan fingerprint density at radius 3 is 2.56 bits per heavy atom. The lowest BCUT2D eigenvalue weighted by Crippen LogP contribution is -1.99. The Bertz CT molecular complexity index is 1060. The number of H-pyrrole nitrogens is 1. The molecule has 0 amide bonds. The molecule has 0 bridgehead atoms. The van der Waals surface area contributed by atoms with Gasteiger partial charge in [0.1, 0.15) is 0 Å². The molecule has 0 atom stereocenters. The van der Waals surface area contributed by atoms with Crippen molar-refractivity contribution in [2.24, 2.45) is 0 Å². The second kappa shape index (κ2) is 6.61. The second-order valence-corrected chi connectivity index (χ2v) is 7.13. The summed E-state index contributed by atoms with van der Waals surface area (Å²) in [6.07, 6.45) is 3.65. The summed E-state index contributed by atoms with van der Waals surface area (Å²) in [7, 11) is 0. The van der Waals surface area contributed by atoms with Crippen molar-refractivity contribution >= 4 is 22.2 Å². The van der Waals surface area contributed by atoms with Gasteiger partial charge < -0.3 is 9.67 Å². The molecule has 0 unspecified atom stereocenters. The highest BCUT2D eigenvalue weighted by atomic mass is 32.1. The van der Waals surface area contributed by atoms with Gasteiger partial charge in [0, 0.05) is 30.1 Å². The molecule has 4 aromatic rings. The maximum Gasteiger partial charge on any atom is 0.307 e. The molecule has 0 radical (unpaired) electrons. The Kier molecular flexibility index (Phi) is 4.15. The van der Waals surface area contributed by atoms with Crippen molar-refractivity contribution in [1.82, 2.24) is 9.55 Å². The number of aromatic amines is 1. The number of benzene rings is 2. The van der Waals surface area contributed by atoms with Crippen molar-refractivity contribution in [1.29, 1.82) is 0 Å². The largest absolute Gasteiger partial charge is 0.494 e. The third-order valence-corrected chi connectivity index (χ3v) is 5.28. The van der Waals surface area contributed by atoms with Crippen LogP contribution in [0.15, 0.2) is 65.6 Å². The van der Waals surface area contributed by atoms with Gasteiger partial charge in [-0.1, -0.05) is 59.9 Å². The van der Waals surface area contributed by atoms with Crippen LogP contribution in [0.5, 0.6) is 5.88 Å². The van der Waals surface area contributed by atoms with Gasteiger partial charge in [0.2, 0.25) is 5.88 Å². The van der Waals surface area contributed by atoms with Gasteiger partial charge >= 0.3 is 4.87 Å². The second-order valence-electron chi connectivity index (χ2n) is 6.06. The van der Waals surface area contributed by atoms with Crippen molar-refractivity contribution in [2.45, 2.75) is 19.4 Å². The average molecular weight is 350 g/mol. The van der Waals surface area contributed by atoms with Gasteiger partial charge in [-0.25, -0.2) is 0 Å². The van der Waals surface area contributed by atoms with Crippen molar-refractivity contribution < 1.29 is 5.11 Å². The van der Waals surface area contributed by atoms with E-state index in [4.69, 9.17) is 0 Å². The molecule has 0 aliphatic carbocycles. The van der Waals surface area contributed by atoms with Crippen molar-refractivity contribution in [2.75, 3.05) is 0 Å². The number of hydrogen-bond acceptors (Lipinski definition) is 3. The molecule has 25 heavy (non-hydrogen) atoms. The van der Waals surface area contributed by atoms with Gasteiger partial charge in [0.15, 0.2) is 0 Å². The Balaban J connectivity index is 1.66. The fourth-order valence-electron chi connectivity index (χ4n) is 3.19. The summed E-state index contributed by atoms with van der Waals surface area (Å²) in [5.74, 6) is -0.0175. The molecular formula is C20H18N2O2S. The van der Waals surface area contributed by atoms with Crippen LogP contribution in [0.4, 0.5) is 0 Å². The first-order valence-electron chi connectivity index (χ1n) is 8.22. The number of aromatic hydroxyl groups is 1. The molecule has 2 heterocycles. The van der Waals surface area contributed by atoms with Crippen molar-refractivity contribution in [3.63, 3.8) is 0 Å². The number of nitrogens with zero attached hydrogens (tertiary/aromatic N) is 1. The van der Waals surface area contributed by atoms with E-state index in [1.807, 2.05) is 18.2 Å². The summed E-state index contributed by atoms with van der Waals surface area (Å²) >= 11 is 1.07. The summed E-state index contributed by atoms with van der Waals surface area (Å²) in [5.41, 5.74) is 3.60. The Morgan fingerprint density at radius 2 is 1.80 bits per heavy atom. The predicted molar refractivity (Wildman–Crippen MR) is 101 cm³/mol. The predicted octanol–water partition coefficient (Wildman–Crippen LogP) is 3.93. The van der Waals surface area contributed by atoms with Crippen LogP contribution in [0.25, 0.3) is 10.9 Å². The number of nitrogens with one attached hydrogen (secondary N) is 1. The molecule has 0 saturated heterocycles. The molecule has 4 nitrogen and oxygen atoms in total. The first-order chi connectivity index (χ1) is 12.2. The first kappa shape index (κ1) is 15.7. The lowest BCUT2D eigenvalue weighted by atomic mass is 10.1. The highest BCUT2D eigenvalue weighted by Crippen LogP contribution is 2.27. The van der Waals surface area contributed by atoms with E-state index in [9.17, 15) is 9.90 Å². The maximum atomic E-state index is 11.4. The lowest BCUT2D eigenvalue weighted by molar-refractivity contribution is 0.451. The Hall–Kier alpha value is -2.79. The van der Waals surface area contributed by atoms with Gasteiger partial charge in [-0.2, -0.15) is 0 Å². The molecule has 0 fully saturated rings. The topological polar surface area (TPSA) is 58.0 Å². The van der Waals surface area contributed by atoms with Gasteiger partial charge in [-0.15, -0.1) is 0 Å². The zero-order valence-corrected chi connectivity index (χ0v) is 14.4. The Labute approximate surface area is 149 Å². The number of aryl methyl sites for hydroxylation is 2. The third kappa shape index (κ3) is 3.23. The lowest BCUT2D eigenvalue weighted by Gasteiger charge is -2.05. The molecule has 0 aliphatic rings. The molecule has 0 saturated carbocycles. The molecule has 2 aromatic carbocycles. The van der Waals surface area contributed by atoms with E-state index in [0.29, 0.717) is 11.3 Å². The quantitative estimate of drug-likeness (QED) is 0.573. The monoisotopic (exact) mass is 350 g/mol. The summed E-state index contributed by atoms with van der Waals surface area (Å²) in [5, 5.41) is 11.0. The van der Waals surface area contributed by atoms with E-state index in [0.717, 1.165) is 35.3 Å². The fraction of sp³-hybridized carbons (Fsp3) is 0.150. The van der Waals surface area contributed by atoms with Gasteiger partial charge in [-0.05, 0) is 23.6 Å². The third-order valence-electron chi connectivity index (χ3n) is 4.41. The minimum absolute atomic E-state index is 0.0175. The van der Waals surface area contributed by atoms with Gasteiger partial charge in [0.05, 0.1) is 4.88 Å². The minimum Gasteiger partial charge on any atom is -0.494 e.